The minimum Gasteiger partial charge on any atom is -0.228 e. The number of hydrogen-bond acceptors (Lipinski definition) is 4. The Kier molecular flexibility index (Phi) is 6.99. The third kappa shape index (κ3) is 5.97. The Morgan fingerprint density at radius 2 is 0.655 bits per heavy atom. The van der Waals surface area contributed by atoms with E-state index >= 15 is 0 Å². The fraction of sp³-hybridized carbons (Fsp3) is 1.00. The summed E-state index contributed by atoms with van der Waals surface area (Å²) in [6.45, 7) is 0. The molecule has 0 spiro atoms. The molecule has 0 saturated carbocycles. The lowest BCUT2D eigenvalue weighted by Gasteiger charge is -2.29. The zero-order chi connectivity index (χ0) is 24.1. The molecule has 0 aliphatic rings. The second-order valence-corrected chi connectivity index (χ2v) is 9.94. The van der Waals surface area contributed by atoms with Gasteiger partial charge < -0.3 is 0 Å². The molecule has 0 unspecified atom stereocenters. The molecule has 0 aromatic rings. The second kappa shape index (κ2) is 7.26. The maximum absolute atomic E-state index is 13.0. The minimum atomic E-state index is -7.05. The average molecular weight is 508 g/mol. The van der Waals surface area contributed by atoms with E-state index < -0.39 is 72.3 Å². The lowest BCUT2D eigenvalue weighted by molar-refractivity contribution is -0.348. The molecule has 4 nitrogen and oxygen atoms in total. The van der Waals surface area contributed by atoms with Gasteiger partial charge in [-0.25, -0.2) is 16.8 Å². The molecule has 0 bridgehead atoms. The van der Waals surface area contributed by atoms with Crippen LogP contribution in [0.1, 0.15) is 0 Å². The molecule has 0 aliphatic heterocycles. The van der Waals surface area contributed by atoms with Crippen molar-refractivity contribution < 1.29 is 78.3 Å². The van der Waals surface area contributed by atoms with Crippen LogP contribution in [0.25, 0.3) is 0 Å². The summed E-state index contributed by atoms with van der Waals surface area (Å²) >= 11 is 0. The van der Waals surface area contributed by atoms with Crippen LogP contribution in [0, 0.1) is 0 Å². The standard InChI is InChI=1S/C9H6F14O4S2/c10-4(11,6(14,15)8(18,19)20)1-28(24,25)3-29(26,27)2-5(12,13)7(16,17)9(21,22)23/h1-3H2. The van der Waals surface area contributed by atoms with Crippen molar-refractivity contribution in [3.05, 3.63) is 0 Å². The van der Waals surface area contributed by atoms with Crippen LogP contribution in [0.5, 0.6) is 0 Å². The topological polar surface area (TPSA) is 68.3 Å². The Labute approximate surface area is 151 Å². The van der Waals surface area contributed by atoms with Gasteiger partial charge in [-0.15, -0.1) is 0 Å². The van der Waals surface area contributed by atoms with Gasteiger partial charge in [0, 0.05) is 0 Å². The van der Waals surface area contributed by atoms with Gasteiger partial charge >= 0.3 is 36.0 Å². The summed E-state index contributed by atoms with van der Waals surface area (Å²) in [4.78, 5) is 0. The van der Waals surface area contributed by atoms with Crippen molar-refractivity contribution in [3.8, 4) is 0 Å². The molecule has 0 aromatic carbocycles. The molecule has 20 heteroatoms. The van der Waals surface area contributed by atoms with Crippen molar-refractivity contribution >= 4 is 19.7 Å². The van der Waals surface area contributed by atoms with Crippen LogP contribution in [0.3, 0.4) is 0 Å². The van der Waals surface area contributed by atoms with Gasteiger partial charge in [-0.3, -0.25) is 0 Å². The first kappa shape index (κ1) is 27.9. The van der Waals surface area contributed by atoms with Gasteiger partial charge in [0.2, 0.25) is 0 Å². The smallest absolute Gasteiger partial charge is 0.228 e. The molecule has 29 heavy (non-hydrogen) atoms. The lowest BCUT2D eigenvalue weighted by atomic mass is 10.2. The van der Waals surface area contributed by atoms with Crippen LogP contribution in [0.2, 0.25) is 0 Å². The highest BCUT2D eigenvalue weighted by atomic mass is 32.3. The zero-order valence-electron chi connectivity index (χ0n) is 12.9. The fourth-order valence-electron chi connectivity index (χ4n) is 1.51. The van der Waals surface area contributed by atoms with Crippen molar-refractivity contribution in [2.24, 2.45) is 0 Å². The summed E-state index contributed by atoms with van der Waals surface area (Å²) in [5.74, 6) is -34.4. The number of alkyl halides is 14. The maximum atomic E-state index is 13.0. The highest BCUT2D eigenvalue weighted by molar-refractivity contribution is 8.08. The summed E-state index contributed by atoms with van der Waals surface area (Å²) in [7, 11) is -12.7. The number of hydrogen-bond donors (Lipinski definition) is 0. The molecule has 0 radical (unpaired) electrons. The predicted molar refractivity (Wildman–Crippen MR) is 64.3 cm³/mol. The first-order valence-electron chi connectivity index (χ1n) is 6.17. The molecule has 0 rings (SSSR count). The Bertz CT molecular complexity index is 737. The minimum absolute atomic E-state index is 3.15. The van der Waals surface area contributed by atoms with E-state index in [9.17, 15) is 78.3 Å². The molecular weight excluding hydrogens is 502 g/mol. The van der Waals surface area contributed by atoms with Gasteiger partial charge in [0.05, 0.1) is 0 Å². The van der Waals surface area contributed by atoms with E-state index in [1.807, 2.05) is 0 Å². The summed E-state index contributed by atoms with van der Waals surface area (Å²) in [6.07, 6.45) is -14.1. The van der Waals surface area contributed by atoms with Gasteiger partial charge in [0.1, 0.15) is 11.5 Å². The maximum Gasteiger partial charge on any atom is 0.459 e. The van der Waals surface area contributed by atoms with Crippen LogP contribution in [0.4, 0.5) is 61.5 Å². The van der Waals surface area contributed by atoms with Crippen molar-refractivity contribution in [3.63, 3.8) is 0 Å². The lowest BCUT2D eigenvalue weighted by Crippen LogP contribution is -2.56. The van der Waals surface area contributed by atoms with Gasteiger partial charge in [-0.1, -0.05) is 0 Å². The molecule has 0 aromatic heterocycles. The van der Waals surface area contributed by atoms with E-state index in [1.54, 1.807) is 0 Å². The van der Waals surface area contributed by atoms with E-state index in [2.05, 4.69) is 0 Å². The van der Waals surface area contributed by atoms with E-state index in [0.717, 1.165) is 0 Å². The first-order chi connectivity index (χ1) is 12.1. The molecule has 0 N–H and O–H groups in total. The fourth-order valence-corrected chi connectivity index (χ4v) is 5.83. The quantitative estimate of drug-likeness (QED) is 0.472. The highest BCUT2D eigenvalue weighted by Gasteiger charge is 2.75. The predicted octanol–water partition coefficient (Wildman–Crippen LogP) is 3.44. The summed E-state index contributed by atoms with van der Waals surface area (Å²) < 4.78 is 218. The van der Waals surface area contributed by atoms with Gasteiger partial charge in [-0.2, -0.15) is 61.5 Å². The molecule has 0 heterocycles. The molecule has 176 valence electrons. The third-order valence-corrected chi connectivity index (χ3v) is 7.27. The average Bonchev–Trinajstić information content (AvgIpc) is 2.30. The van der Waals surface area contributed by atoms with Crippen LogP contribution in [-0.2, 0) is 19.7 Å². The van der Waals surface area contributed by atoms with Crippen molar-refractivity contribution in [2.75, 3.05) is 16.6 Å². The van der Waals surface area contributed by atoms with Crippen LogP contribution < -0.4 is 0 Å². The van der Waals surface area contributed by atoms with Gasteiger partial charge in [0.15, 0.2) is 24.8 Å². The molecule has 0 saturated heterocycles. The summed E-state index contributed by atoms with van der Waals surface area (Å²) in [5.41, 5.74) is 0. The second-order valence-electron chi connectivity index (χ2n) is 5.45. The normalized spacial score (nSPS) is 16.2. The third-order valence-electron chi connectivity index (χ3n) is 2.79. The Morgan fingerprint density at radius 1 is 0.448 bits per heavy atom. The van der Waals surface area contributed by atoms with E-state index in [-0.39, 0.29) is 0 Å². The van der Waals surface area contributed by atoms with Crippen LogP contribution >= 0.6 is 0 Å². The Hall–Kier alpha value is -1.08. The molecule has 0 amide bonds. The molecule has 0 atom stereocenters. The molecular formula is C9H6F14O4S2. The summed E-state index contributed by atoms with van der Waals surface area (Å²) in [6, 6.07) is 0. The number of rotatable bonds is 8. The first-order valence-corrected chi connectivity index (χ1v) is 9.82. The number of halogens is 14. The van der Waals surface area contributed by atoms with E-state index in [0.29, 0.717) is 0 Å². The SMILES string of the molecule is O=S(=O)(CC(F)(F)C(F)(F)C(F)(F)F)CS(=O)(=O)CC(F)(F)C(F)(F)C(F)(F)F. The van der Waals surface area contributed by atoms with E-state index in [4.69, 9.17) is 0 Å². The largest absolute Gasteiger partial charge is 0.459 e. The van der Waals surface area contributed by atoms with Crippen LogP contribution in [-0.4, -0.2) is 69.5 Å². The van der Waals surface area contributed by atoms with Gasteiger partial charge in [-0.05, 0) is 0 Å². The van der Waals surface area contributed by atoms with Crippen molar-refractivity contribution in [2.45, 2.75) is 36.0 Å². The van der Waals surface area contributed by atoms with Gasteiger partial charge in [0.25, 0.3) is 0 Å². The highest BCUT2D eigenvalue weighted by Crippen LogP contribution is 2.48. The van der Waals surface area contributed by atoms with Crippen molar-refractivity contribution in [1.29, 1.82) is 0 Å². The van der Waals surface area contributed by atoms with E-state index in [1.165, 1.54) is 0 Å². The summed E-state index contributed by atoms with van der Waals surface area (Å²) in [5, 5.41) is -3.15. The monoisotopic (exact) mass is 508 g/mol. The molecule has 0 aliphatic carbocycles. The van der Waals surface area contributed by atoms with Crippen LogP contribution in [0.15, 0.2) is 0 Å². The van der Waals surface area contributed by atoms with Crippen molar-refractivity contribution in [1.82, 2.24) is 0 Å². The zero-order valence-corrected chi connectivity index (χ0v) is 14.5. The Morgan fingerprint density at radius 3 is 0.828 bits per heavy atom. The number of sulfone groups is 2. The Balaban J connectivity index is 5.76. The molecule has 0 fully saturated rings.